The van der Waals surface area contributed by atoms with Crippen LogP contribution in [0.3, 0.4) is 0 Å². The minimum Gasteiger partial charge on any atom is -0.548 e. The van der Waals surface area contributed by atoms with Crippen molar-refractivity contribution >= 4 is 5.97 Å². The average molecular weight is 430 g/mol. The molecule has 0 heterocycles. The van der Waals surface area contributed by atoms with Crippen LogP contribution in [0.15, 0.2) is 0 Å². The van der Waals surface area contributed by atoms with E-state index in [-0.39, 0.29) is 12.1 Å². The number of nitrogens with two attached hydrogens (primary N) is 1. The Hall–Kier alpha value is -0.650. The number of carboxylic acids is 1. The molecular formula is C25H55N3O2. The van der Waals surface area contributed by atoms with Gasteiger partial charge in [0.2, 0.25) is 0 Å². The highest BCUT2D eigenvalue weighted by atomic mass is 16.4. The van der Waals surface area contributed by atoms with Crippen molar-refractivity contribution in [3.8, 4) is 0 Å². The zero-order valence-electron chi connectivity index (χ0n) is 21.1. The Morgan fingerprint density at radius 1 is 0.800 bits per heavy atom. The summed E-state index contributed by atoms with van der Waals surface area (Å²) in [6, 6.07) is 0. The summed E-state index contributed by atoms with van der Waals surface area (Å²) < 4.78 is 0. The predicted octanol–water partition coefficient (Wildman–Crippen LogP) is 5.66. The van der Waals surface area contributed by atoms with Crippen molar-refractivity contribution in [2.75, 3.05) is 20.6 Å². The Morgan fingerprint density at radius 3 is 1.50 bits per heavy atom. The van der Waals surface area contributed by atoms with Crippen LogP contribution in [0.2, 0.25) is 0 Å². The van der Waals surface area contributed by atoms with Gasteiger partial charge in [0.05, 0.1) is 11.5 Å². The number of carbonyl (C=O) groups excluding carboxylic acids is 1. The summed E-state index contributed by atoms with van der Waals surface area (Å²) >= 11 is 0. The number of carboxylic acid groups (broad SMARTS) is 1. The summed E-state index contributed by atoms with van der Waals surface area (Å²) in [6.07, 6.45) is 21.5. The fraction of sp³-hybridized carbons (Fsp3) is 0.960. The van der Waals surface area contributed by atoms with Gasteiger partial charge in [0.25, 0.3) is 0 Å². The molecule has 0 saturated heterocycles. The molecule has 0 aromatic carbocycles. The van der Waals surface area contributed by atoms with E-state index < -0.39 is 11.5 Å². The first kappa shape index (κ1) is 31.5. The maximum absolute atomic E-state index is 11.8. The van der Waals surface area contributed by atoms with E-state index in [0.29, 0.717) is 6.54 Å². The normalized spacial score (nSPS) is 14.3. The quantitative estimate of drug-likeness (QED) is 0.230. The van der Waals surface area contributed by atoms with Crippen LogP contribution in [-0.4, -0.2) is 37.0 Å². The molecule has 0 amide bonds. The zero-order valence-corrected chi connectivity index (χ0v) is 21.1. The SMILES string of the molecule is CCCCCCCCCCCCCCCCC(CCCN)[C@@](C)(C(=O)[O-])N(C)C.[NH4+]. The van der Waals surface area contributed by atoms with Crippen LogP contribution in [0, 0.1) is 5.92 Å². The number of rotatable bonds is 21. The van der Waals surface area contributed by atoms with Crippen molar-refractivity contribution in [1.82, 2.24) is 11.1 Å². The van der Waals surface area contributed by atoms with E-state index in [2.05, 4.69) is 6.92 Å². The fourth-order valence-electron chi connectivity index (χ4n) is 4.37. The van der Waals surface area contributed by atoms with E-state index in [0.717, 1.165) is 25.7 Å². The van der Waals surface area contributed by atoms with E-state index in [1.807, 2.05) is 25.9 Å². The molecule has 0 spiro atoms. The Balaban J connectivity index is 0. The van der Waals surface area contributed by atoms with Crippen molar-refractivity contribution in [3.05, 3.63) is 0 Å². The lowest BCUT2D eigenvalue weighted by Crippen LogP contribution is -2.60. The summed E-state index contributed by atoms with van der Waals surface area (Å²) in [4.78, 5) is 13.6. The molecule has 0 bridgehead atoms. The summed E-state index contributed by atoms with van der Waals surface area (Å²) in [5.41, 5.74) is 4.76. The molecule has 0 saturated carbocycles. The van der Waals surface area contributed by atoms with Crippen molar-refractivity contribution in [3.63, 3.8) is 0 Å². The van der Waals surface area contributed by atoms with Gasteiger partial charge >= 0.3 is 0 Å². The van der Waals surface area contributed by atoms with Gasteiger partial charge < -0.3 is 21.8 Å². The molecule has 5 heteroatoms. The van der Waals surface area contributed by atoms with Crippen LogP contribution >= 0.6 is 0 Å². The fourth-order valence-corrected chi connectivity index (χ4v) is 4.37. The molecule has 0 aliphatic rings. The first-order valence-corrected chi connectivity index (χ1v) is 12.5. The molecule has 0 radical (unpaired) electrons. The van der Waals surface area contributed by atoms with E-state index in [1.54, 1.807) is 0 Å². The van der Waals surface area contributed by atoms with E-state index >= 15 is 0 Å². The van der Waals surface area contributed by atoms with Crippen LogP contribution in [0.4, 0.5) is 0 Å². The second kappa shape index (κ2) is 20.3. The standard InChI is InChI=1S/C25H52N2O2.H3N/c1-5-6-7-8-9-10-11-12-13-14-15-16-17-18-20-23(21-19-22-26)25(2,24(28)29)27(3)4;/h23H,5-22,26H2,1-4H3,(H,28,29);1H3/t23?,25-;/m0./s1. The minimum absolute atomic E-state index is 0. The lowest BCUT2D eigenvalue weighted by Gasteiger charge is -2.44. The smallest absolute Gasteiger partial charge is 0.0617 e. The van der Waals surface area contributed by atoms with Crippen LogP contribution in [0.1, 0.15) is 123 Å². The topological polar surface area (TPSA) is 106 Å². The summed E-state index contributed by atoms with van der Waals surface area (Å²) in [6.45, 7) is 4.70. The van der Waals surface area contributed by atoms with E-state index in [9.17, 15) is 9.90 Å². The zero-order chi connectivity index (χ0) is 22.0. The van der Waals surface area contributed by atoms with Gasteiger partial charge in [-0.15, -0.1) is 0 Å². The third-order valence-electron chi connectivity index (χ3n) is 6.80. The molecule has 0 aliphatic heterocycles. The third-order valence-corrected chi connectivity index (χ3v) is 6.80. The third kappa shape index (κ3) is 13.6. The van der Waals surface area contributed by atoms with Crippen LogP contribution in [0.25, 0.3) is 0 Å². The van der Waals surface area contributed by atoms with Crippen molar-refractivity contribution in [2.45, 2.75) is 129 Å². The second-order valence-electron chi connectivity index (χ2n) is 9.34. The van der Waals surface area contributed by atoms with Gasteiger partial charge in [-0.05, 0) is 52.7 Å². The largest absolute Gasteiger partial charge is 0.548 e. The highest BCUT2D eigenvalue weighted by Gasteiger charge is 2.36. The highest BCUT2D eigenvalue weighted by Crippen LogP contribution is 2.31. The van der Waals surface area contributed by atoms with Gasteiger partial charge in [0.15, 0.2) is 0 Å². The van der Waals surface area contributed by atoms with Gasteiger partial charge in [0.1, 0.15) is 0 Å². The number of hydrogen-bond acceptors (Lipinski definition) is 4. The van der Waals surface area contributed by atoms with Crippen LogP contribution in [0.5, 0.6) is 0 Å². The first-order valence-electron chi connectivity index (χ1n) is 12.5. The number of quaternary nitrogens is 1. The van der Waals surface area contributed by atoms with Crippen LogP contribution < -0.4 is 17.0 Å². The molecular weight excluding hydrogens is 374 g/mol. The maximum atomic E-state index is 11.8. The average Bonchev–Trinajstić information content (AvgIpc) is 2.69. The van der Waals surface area contributed by atoms with E-state index in [4.69, 9.17) is 5.73 Å². The second-order valence-corrected chi connectivity index (χ2v) is 9.34. The van der Waals surface area contributed by atoms with Gasteiger partial charge in [-0.25, -0.2) is 0 Å². The van der Waals surface area contributed by atoms with E-state index in [1.165, 1.54) is 83.5 Å². The Kier molecular flexibility index (Phi) is 21.3. The predicted molar refractivity (Wildman–Crippen MR) is 130 cm³/mol. The summed E-state index contributed by atoms with van der Waals surface area (Å²) in [5, 5.41) is 11.8. The number of hydrogen-bond donors (Lipinski definition) is 2. The molecule has 0 aromatic rings. The number of likely N-dealkylation sites (N-methyl/N-ethyl adjacent to an activating group) is 1. The lowest BCUT2D eigenvalue weighted by atomic mass is 9.78. The van der Waals surface area contributed by atoms with Gasteiger partial charge in [0, 0.05) is 0 Å². The van der Waals surface area contributed by atoms with Gasteiger partial charge in [-0.3, -0.25) is 4.90 Å². The van der Waals surface area contributed by atoms with Gasteiger partial charge in [-0.1, -0.05) is 96.8 Å². The van der Waals surface area contributed by atoms with Gasteiger partial charge in [-0.2, -0.15) is 0 Å². The maximum Gasteiger partial charge on any atom is 0.0617 e. The summed E-state index contributed by atoms with van der Waals surface area (Å²) in [5.74, 6) is -0.863. The minimum atomic E-state index is -0.963. The Labute approximate surface area is 188 Å². The Bertz CT molecular complexity index is 391. The highest BCUT2D eigenvalue weighted by molar-refractivity contribution is 5.76. The number of unbranched alkanes of at least 4 members (excludes halogenated alkanes) is 13. The molecule has 1 unspecified atom stereocenters. The number of carbonyl (C=O) groups is 1. The molecule has 0 aromatic heterocycles. The van der Waals surface area contributed by atoms with Crippen molar-refractivity contribution in [2.24, 2.45) is 11.7 Å². The van der Waals surface area contributed by atoms with Crippen molar-refractivity contribution in [1.29, 1.82) is 0 Å². The monoisotopic (exact) mass is 429 g/mol. The molecule has 5 nitrogen and oxygen atoms in total. The molecule has 0 aliphatic carbocycles. The molecule has 6 N–H and O–H groups in total. The Morgan fingerprint density at radius 2 is 1.17 bits per heavy atom. The van der Waals surface area contributed by atoms with Crippen LogP contribution in [-0.2, 0) is 4.79 Å². The first-order chi connectivity index (χ1) is 13.9. The molecule has 0 rings (SSSR count). The molecule has 2 atom stereocenters. The molecule has 182 valence electrons. The number of nitrogens with zero attached hydrogens (tertiary/aromatic N) is 1. The summed E-state index contributed by atoms with van der Waals surface area (Å²) in [7, 11) is 3.69. The molecule has 0 fully saturated rings. The molecule has 30 heavy (non-hydrogen) atoms. The number of aliphatic carboxylic acids is 1. The lowest BCUT2D eigenvalue weighted by molar-refractivity contribution is -0.320. The van der Waals surface area contributed by atoms with Crippen molar-refractivity contribution < 1.29 is 9.90 Å².